The summed E-state index contributed by atoms with van der Waals surface area (Å²) in [6, 6.07) is 19.0. The largest absolute Gasteiger partial charge is 0.460 e. The van der Waals surface area contributed by atoms with E-state index in [0.717, 1.165) is 11.1 Å². The van der Waals surface area contributed by atoms with E-state index in [1.54, 1.807) is 13.0 Å². The standard InChI is InChI=1S/C33H42O11/c1-6-17-37-28-26(38-18-24-13-9-7-10-14-24)20(2)41-33(31(28)42-23(5)35)44-29-27(21(3)40-22(4)34)43-32(36)30(29)39-19-25-15-11-8-12-16-25/h6-16,20-21,26-33,36H,1,17-19H2,2-5H3/t20-,21+,26-,27-,28+,29+,30+,31+,32+,33-/m1/s1. The van der Waals surface area contributed by atoms with Gasteiger partial charge in [-0.3, -0.25) is 9.59 Å². The molecule has 2 saturated heterocycles. The topological polar surface area (TPSA) is 128 Å². The molecule has 4 rings (SSSR count). The first kappa shape index (κ1) is 33.7. The van der Waals surface area contributed by atoms with E-state index in [-0.39, 0.29) is 19.8 Å². The van der Waals surface area contributed by atoms with E-state index in [1.807, 2.05) is 67.6 Å². The zero-order chi connectivity index (χ0) is 31.6. The summed E-state index contributed by atoms with van der Waals surface area (Å²) in [5.41, 5.74) is 1.81. The fourth-order valence-electron chi connectivity index (χ4n) is 5.39. The van der Waals surface area contributed by atoms with Crippen molar-refractivity contribution in [3.63, 3.8) is 0 Å². The molecule has 0 amide bonds. The van der Waals surface area contributed by atoms with Crippen LogP contribution in [0.5, 0.6) is 0 Å². The second-order valence-corrected chi connectivity index (χ2v) is 10.8. The number of aliphatic hydroxyl groups excluding tert-OH is 1. The van der Waals surface area contributed by atoms with Crippen LogP contribution in [-0.4, -0.2) is 85.1 Å². The molecule has 2 fully saturated rings. The molecule has 0 radical (unpaired) electrons. The van der Waals surface area contributed by atoms with Crippen LogP contribution in [0.4, 0.5) is 0 Å². The summed E-state index contributed by atoms with van der Waals surface area (Å²) in [7, 11) is 0. The van der Waals surface area contributed by atoms with Crippen molar-refractivity contribution in [3.8, 4) is 0 Å². The Morgan fingerprint density at radius 2 is 1.43 bits per heavy atom. The number of hydrogen-bond donors (Lipinski definition) is 1. The average molecular weight is 615 g/mol. The molecule has 0 aliphatic carbocycles. The number of carbonyl (C=O) groups is 2. The number of esters is 2. The molecule has 10 atom stereocenters. The molecule has 0 aromatic heterocycles. The summed E-state index contributed by atoms with van der Waals surface area (Å²) in [4.78, 5) is 24.2. The molecule has 0 unspecified atom stereocenters. The summed E-state index contributed by atoms with van der Waals surface area (Å²) in [5.74, 6) is -1.11. The Kier molecular flexibility index (Phi) is 12.4. The molecule has 2 aromatic rings. The maximum atomic E-state index is 12.4. The molecule has 1 N–H and O–H groups in total. The normalized spacial score (nSPS) is 30.8. The van der Waals surface area contributed by atoms with Crippen molar-refractivity contribution in [1.82, 2.24) is 0 Å². The molecule has 2 aliphatic heterocycles. The second kappa shape index (κ2) is 16.2. The van der Waals surface area contributed by atoms with Gasteiger partial charge in [0.05, 0.1) is 25.9 Å². The zero-order valence-electron chi connectivity index (χ0n) is 25.5. The van der Waals surface area contributed by atoms with Crippen molar-refractivity contribution < 1.29 is 52.6 Å². The lowest BCUT2D eigenvalue weighted by Gasteiger charge is -2.45. The third kappa shape index (κ3) is 8.95. The van der Waals surface area contributed by atoms with Crippen LogP contribution in [-0.2, 0) is 60.7 Å². The van der Waals surface area contributed by atoms with E-state index in [2.05, 4.69) is 6.58 Å². The van der Waals surface area contributed by atoms with Gasteiger partial charge in [0.1, 0.15) is 36.6 Å². The third-order valence-electron chi connectivity index (χ3n) is 7.34. The molecule has 11 heteroatoms. The highest BCUT2D eigenvalue weighted by Gasteiger charge is 2.54. The van der Waals surface area contributed by atoms with E-state index in [0.29, 0.717) is 0 Å². The highest BCUT2D eigenvalue weighted by Crippen LogP contribution is 2.35. The summed E-state index contributed by atoms with van der Waals surface area (Å²) in [5, 5.41) is 10.9. The van der Waals surface area contributed by atoms with Crippen LogP contribution in [0.3, 0.4) is 0 Å². The van der Waals surface area contributed by atoms with E-state index in [4.69, 9.17) is 37.9 Å². The number of aliphatic hydroxyl groups is 1. The Morgan fingerprint density at radius 1 is 0.841 bits per heavy atom. The summed E-state index contributed by atoms with van der Waals surface area (Å²) >= 11 is 0. The van der Waals surface area contributed by atoms with E-state index >= 15 is 0 Å². The molecule has 2 aliphatic rings. The Balaban J connectivity index is 1.61. The van der Waals surface area contributed by atoms with Gasteiger partial charge in [0, 0.05) is 13.8 Å². The monoisotopic (exact) mass is 614 g/mol. The fourth-order valence-corrected chi connectivity index (χ4v) is 5.39. The highest BCUT2D eigenvalue weighted by molar-refractivity contribution is 5.66. The average Bonchev–Trinajstić information content (AvgIpc) is 3.31. The highest BCUT2D eigenvalue weighted by atomic mass is 16.8. The van der Waals surface area contributed by atoms with Gasteiger partial charge in [-0.05, 0) is 25.0 Å². The Hall–Kier alpha value is -3.16. The minimum atomic E-state index is -1.41. The molecular weight excluding hydrogens is 572 g/mol. The van der Waals surface area contributed by atoms with Gasteiger partial charge < -0.3 is 43.0 Å². The van der Waals surface area contributed by atoms with Gasteiger partial charge in [-0.25, -0.2) is 0 Å². The summed E-state index contributed by atoms with van der Waals surface area (Å²) in [6.45, 7) is 10.3. The summed E-state index contributed by atoms with van der Waals surface area (Å²) < 4.78 is 48.3. The third-order valence-corrected chi connectivity index (χ3v) is 7.34. The van der Waals surface area contributed by atoms with Crippen molar-refractivity contribution in [1.29, 1.82) is 0 Å². The number of benzene rings is 2. The van der Waals surface area contributed by atoms with E-state index in [9.17, 15) is 14.7 Å². The first-order valence-corrected chi connectivity index (χ1v) is 14.7. The predicted molar refractivity (Wildman–Crippen MR) is 157 cm³/mol. The first-order chi connectivity index (χ1) is 21.2. The Labute approximate surface area is 257 Å². The minimum Gasteiger partial charge on any atom is -0.460 e. The predicted octanol–water partition coefficient (Wildman–Crippen LogP) is 3.46. The molecule has 44 heavy (non-hydrogen) atoms. The molecule has 2 heterocycles. The number of hydrogen-bond acceptors (Lipinski definition) is 11. The Bertz CT molecular complexity index is 1190. The maximum Gasteiger partial charge on any atom is 0.303 e. The lowest BCUT2D eigenvalue weighted by molar-refractivity contribution is -0.326. The molecule has 240 valence electrons. The van der Waals surface area contributed by atoms with Crippen molar-refractivity contribution in [2.24, 2.45) is 0 Å². The van der Waals surface area contributed by atoms with Crippen molar-refractivity contribution in [2.45, 2.75) is 102 Å². The molecule has 0 bridgehead atoms. The van der Waals surface area contributed by atoms with Gasteiger partial charge in [-0.2, -0.15) is 0 Å². The molecular formula is C33H42O11. The van der Waals surface area contributed by atoms with Gasteiger partial charge in [-0.1, -0.05) is 66.7 Å². The number of carbonyl (C=O) groups excluding carboxylic acids is 2. The molecule has 11 nitrogen and oxygen atoms in total. The smallest absolute Gasteiger partial charge is 0.303 e. The van der Waals surface area contributed by atoms with Crippen LogP contribution in [0.1, 0.15) is 38.8 Å². The molecule has 0 saturated carbocycles. The van der Waals surface area contributed by atoms with Crippen molar-refractivity contribution in [2.75, 3.05) is 6.61 Å². The van der Waals surface area contributed by atoms with E-state index in [1.165, 1.54) is 13.8 Å². The van der Waals surface area contributed by atoms with Gasteiger partial charge in [0.2, 0.25) is 0 Å². The number of ether oxygens (including phenoxy) is 8. The molecule has 2 aromatic carbocycles. The van der Waals surface area contributed by atoms with Gasteiger partial charge >= 0.3 is 11.9 Å². The maximum absolute atomic E-state index is 12.4. The van der Waals surface area contributed by atoms with Crippen LogP contribution < -0.4 is 0 Å². The van der Waals surface area contributed by atoms with Crippen LogP contribution in [0.15, 0.2) is 73.3 Å². The fraction of sp³-hybridized carbons (Fsp3) is 0.515. The minimum absolute atomic E-state index is 0.146. The van der Waals surface area contributed by atoms with Crippen LogP contribution in [0.25, 0.3) is 0 Å². The number of rotatable bonds is 14. The zero-order valence-corrected chi connectivity index (χ0v) is 25.5. The lowest BCUT2D eigenvalue weighted by atomic mass is 9.98. The van der Waals surface area contributed by atoms with Gasteiger partial charge in [-0.15, -0.1) is 6.58 Å². The SMILES string of the molecule is C=CCO[C@@H]1[C@H](OC(C)=O)[C@@H](O[C@H]2[C@@H]([C@H](C)OC(C)=O)O[C@H](O)[C@H]2OCc2ccccc2)O[C@H](C)[C@H]1OCc1ccccc1. The van der Waals surface area contributed by atoms with Gasteiger partial charge in [0.25, 0.3) is 0 Å². The van der Waals surface area contributed by atoms with Crippen molar-refractivity contribution in [3.05, 3.63) is 84.4 Å². The first-order valence-electron chi connectivity index (χ1n) is 14.7. The van der Waals surface area contributed by atoms with E-state index < -0.39 is 73.4 Å². The molecule has 0 spiro atoms. The van der Waals surface area contributed by atoms with Crippen LogP contribution in [0, 0.1) is 0 Å². The van der Waals surface area contributed by atoms with Gasteiger partial charge in [0.15, 0.2) is 18.7 Å². The quantitative estimate of drug-likeness (QED) is 0.248. The van der Waals surface area contributed by atoms with Crippen LogP contribution in [0.2, 0.25) is 0 Å². The lowest BCUT2D eigenvalue weighted by Crippen LogP contribution is -2.62. The van der Waals surface area contributed by atoms with Crippen molar-refractivity contribution >= 4 is 11.9 Å². The Morgan fingerprint density at radius 3 is 1.98 bits per heavy atom. The summed E-state index contributed by atoms with van der Waals surface area (Å²) in [6.07, 6.45) is -7.89. The second-order valence-electron chi connectivity index (χ2n) is 10.8. The van der Waals surface area contributed by atoms with Crippen LogP contribution >= 0.6 is 0 Å².